The molecule has 0 aliphatic heterocycles. The fraction of sp³-hybridized carbons (Fsp3) is 0.333. The maximum Gasteiger partial charge on any atom is 0.247 e. The van der Waals surface area contributed by atoms with E-state index in [9.17, 15) is 4.79 Å². The zero-order chi connectivity index (χ0) is 12.4. The molecule has 1 atom stereocenters. The predicted octanol–water partition coefficient (Wildman–Crippen LogP) is 0.219. The molecule has 3 N–H and O–H groups in total. The summed E-state index contributed by atoms with van der Waals surface area (Å²) in [5.74, 6) is -0.325. The van der Waals surface area contributed by atoms with Gasteiger partial charge in [-0.15, -0.1) is 10.2 Å². The van der Waals surface area contributed by atoms with Gasteiger partial charge in [0.25, 0.3) is 0 Å². The molecule has 0 bridgehead atoms. The van der Waals surface area contributed by atoms with Gasteiger partial charge in [-0.3, -0.25) is 14.8 Å². The lowest BCUT2D eigenvalue weighted by atomic mass is 10.1. The number of amides is 1. The van der Waals surface area contributed by atoms with Crippen molar-refractivity contribution in [2.75, 3.05) is 5.32 Å². The Morgan fingerprint density at radius 1 is 1.59 bits per heavy atom. The van der Waals surface area contributed by atoms with Crippen LogP contribution in [0.5, 0.6) is 0 Å². The number of aryl methyl sites for hydroxylation is 2. The monoisotopic (exact) mass is 252 g/mol. The number of hydrogen-bond acceptors (Lipinski definition) is 6. The maximum absolute atomic E-state index is 11.8. The number of anilines is 1. The van der Waals surface area contributed by atoms with Gasteiger partial charge in [0, 0.05) is 18.8 Å². The van der Waals surface area contributed by atoms with Gasteiger partial charge >= 0.3 is 0 Å². The Bertz CT molecular complexity index is 533. The molecule has 0 aromatic carbocycles. The number of aromatic nitrogens is 4. The summed E-state index contributed by atoms with van der Waals surface area (Å²) in [5, 5.41) is 15.4. The first-order chi connectivity index (χ1) is 8.06. The van der Waals surface area contributed by atoms with Gasteiger partial charge in [0.2, 0.25) is 11.0 Å². The van der Waals surface area contributed by atoms with E-state index in [2.05, 4.69) is 20.6 Å². The van der Waals surface area contributed by atoms with Crippen molar-refractivity contribution in [2.45, 2.75) is 13.0 Å². The second kappa shape index (κ2) is 4.60. The Labute approximate surface area is 102 Å². The Balaban J connectivity index is 2.05. The van der Waals surface area contributed by atoms with Crippen molar-refractivity contribution in [1.29, 1.82) is 0 Å². The van der Waals surface area contributed by atoms with Gasteiger partial charge in [-0.1, -0.05) is 11.3 Å². The quantitative estimate of drug-likeness (QED) is 0.814. The molecule has 2 heterocycles. The third-order valence-electron chi connectivity index (χ3n) is 2.12. The van der Waals surface area contributed by atoms with E-state index in [1.165, 1.54) is 11.3 Å². The first kappa shape index (κ1) is 11.7. The Kier molecular flexibility index (Phi) is 3.16. The zero-order valence-corrected chi connectivity index (χ0v) is 10.2. The molecule has 90 valence electrons. The molecule has 2 rings (SSSR count). The minimum Gasteiger partial charge on any atom is -0.316 e. The number of nitrogens with zero attached hydrogens (tertiary/aromatic N) is 4. The van der Waals surface area contributed by atoms with Crippen molar-refractivity contribution in [1.82, 2.24) is 20.0 Å². The van der Waals surface area contributed by atoms with E-state index in [0.29, 0.717) is 10.7 Å². The van der Waals surface area contributed by atoms with Crippen LogP contribution in [0.3, 0.4) is 0 Å². The van der Waals surface area contributed by atoms with E-state index >= 15 is 0 Å². The van der Waals surface area contributed by atoms with Crippen LogP contribution in [0.15, 0.2) is 12.4 Å². The van der Waals surface area contributed by atoms with Crippen LogP contribution in [0.25, 0.3) is 0 Å². The standard InChI is InChI=1S/C9H12N6OS/c1-5-13-14-9(17-5)12-8(16)7(10)6-3-11-15(2)4-6/h3-4,7H,10H2,1-2H3,(H,12,14,16). The molecule has 1 amide bonds. The molecule has 17 heavy (non-hydrogen) atoms. The Morgan fingerprint density at radius 3 is 2.88 bits per heavy atom. The molecule has 1 unspecified atom stereocenters. The number of nitrogens with two attached hydrogens (primary N) is 1. The van der Waals surface area contributed by atoms with Crippen LogP contribution in [-0.4, -0.2) is 25.9 Å². The molecule has 2 aromatic heterocycles. The molecule has 0 fully saturated rings. The third kappa shape index (κ3) is 2.66. The van der Waals surface area contributed by atoms with Crippen molar-refractivity contribution in [3.63, 3.8) is 0 Å². The van der Waals surface area contributed by atoms with Crippen LogP contribution < -0.4 is 11.1 Å². The van der Waals surface area contributed by atoms with E-state index in [0.717, 1.165) is 5.01 Å². The average Bonchev–Trinajstić information content (AvgIpc) is 2.87. The second-order valence-electron chi connectivity index (χ2n) is 3.54. The van der Waals surface area contributed by atoms with Gasteiger partial charge in [0.15, 0.2) is 0 Å². The van der Waals surface area contributed by atoms with Gasteiger partial charge < -0.3 is 5.73 Å². The number of nitrogens with one attached hydrogen (secondary N) is 1. The molecular formula is C9H12N6OS. The van der Waals surface area contributed by atoms with E-state index in [1.807, 2.05) is 6.92 Å². The third-order valence-corrected chi connectivity index (χ3v) is 2.88. The van der Waals surface area contributed by atoms with Crippen molar-refractivity contribution in [3.05, 3.63) is 23.0 Å². The molecule has 0 aliphatic carbocycles. The van der Waals surface area contributed by atoms with Crippen LogP contribution in [0.2, 0.25) is 0 Å². The summed E-state index contributed by atoms with van der Waals surface area (Å²) in [6, 6.07) is -0.757. The van der Waals surface area contributed by atoms with E-state index in [1.54, 1.807) is 24.1 Å². The first-order valence-electron chi connectivity index (χ1n) is 4.91. The molecule has 2 aromatic rings. The summed E-state index contributed by atoms with van der Waals surface area (Å²) in [6.07, 6.45) is 3.27. The first-order valence-corrected chi connectivity index (χ1v) is 5.73. The van der Waals surface area contributed by atoms with E-state index < -0.39 is 6.04 Å². The van der Waals surface area contributed by atoms with Crippen molar-refractivity contribution in [3.8, 4) is 0 Å². The largest absolute Gasteiger partial charge is 0.316 e. The Hall–Kier alpha value is -1.80. The lowest BCUT2D eigenvalue weighted by molar-refractivity contribution is -0.117. The minimum atomic E-state index is -0.757. The summed E-state index contributed by atoms with van der Waals surface area (Å²) >= 11 is 1.30. The van der Waals surface area contributed by atoms with Crippen molar-refractivity contribution < 1.29 is 4.79 Å². The normalized spacial score (nSPS) is 12.4. The lowest BCUT2D eigenvalue weighted by Gasteiger charge is -2.07. The molecule has 7 nitrogen and oxygen atoms in total. The summed E-state index contributed by atoms with van der Waals surface area (Å²) in [5.41, 5.74) is 6.46. The fourth-order valence-corrected chi connectivity index (χ4v) is 1.88. The van der Waals surface area contributed by atoms with Gasteiger partial charge in [-0.25, -0.2) is 0 Å². The molecule has 8 heteroatoms. The molecule has 0 saturated heterocycles. The van der Waals surface area contributed by atoms with Gasteiger partial charge in [-0.2, -0.15) is 5.10 Å². The molecule has 0 saturated carbocycles. The maximum atomic E-state index is 11.8. The highest BCUT2D eigenvalue weighted by Gasteiger charge is 2.18. The van der Waals surface area contributed by atoms with E-state index in [4.69, 9.17) is 5.73 Å². The summed E-state index contributed by atoms with van der Waals surface area (Å²) in [4.78, 5) is 11.8. The topological polar surface area (TPSA) is 98.7 Å². The smallest absolute Gasteiger partial charge is 0.247 e. The number of carbonyl (C=O) groups is 1. The van der Waals surface area contributed by atoms with E-state index in [-0.39, 0.29) is 5.91 Å². The van der Waals surface area contributed by atoms with Crippen LogP contribution >= 0.6 is 11.3 Å². The summed E-state index contributed by atoms with van der Waals surface area (Å²) < 4.78 is 1.59. The summed E-state index contributed by atoms with van der Waals surface area (Å²) in [7, 11) is 1.77. The number of carbonyl (C=O) groups excluding carboxylic acids is 1. The molecule has 0 radical (unpaired) electrons. The lowest BCUT2D eigenvalue weighted by Crippen LogP contribution is -2.27. The molecule has 0 spiro atoms. The van der Waals surface area contributed by atoms with Gasteiger partial charge in [0.05, 0.1) is 6.20 Å². The average molecular weight is 252 g/mol. The molecular weight excluding hydrogens is 240 g/mol. The minimum absolute atomic E-state index is 0.325. The predicted molar refractivity (Wildman–Crippen MR) is 63.4 cm³/mol. The second-order valence-corrected chi connectivity index (χ2v) is 4.72. The highest BCUT2D eigenvalue weighted by molar-refractivity contribution is 7.15. The van der Waals surface area contributed by atoms with Crippen LogP contribution in [-0.2, 0) is 11.8 Å². The highest BCUT2D eigenvalue weighted by Crippen LogP contribution is 2.16. The van der Waals surface area contributed by atoms with Gasteiger partial charge in [-0.05, 0) is 6.92 Å². The van der Waals surface area contributed by atoms with Crippen molar-refractivity contribution >= 4 is 22.4 Å². The van der Waals surface area contributed by atoms with Crippen LogP contribution in [0, 0.1) is 6.92 Å². The SMILES string of the molecule is Cc1nnc(NC(=O)C(N)c2cnn(C)c2)s1. The van der Waals surface area contributed by atoms with Crippen molar-refractivity contribution in [2.24, 2.45) is 12.8 Å². The number of rotatable bonds is 3. The fourth-order valence-electron chi connectivity index (χ4n) is 1.28. The Morgan fingerprint density at radius 2 is 2.35 bits per heavy atom. The number of hydrogen-bond donors (Lipinski definition) is 2. The zero-order valence-electron chi connectivity index (χ0n) is 9.41. The van der Waals surface area contributed by atoms with Gasteiger partial charge in [0.1, 0.15) is 11.0 Å². The van der Waals surface area contributed by atoms with Crippen LogP contribution in [0.1, 0.15) is 16.6 Å². The molecule has 0 aliphatic rings. The summed E-state index contributed by atoms with van der Waals surface area (Å²) in [6.45, 7) is 1.81. The van der Waals surface area contributed by atoms with Crippen LogP contribution in [0.4, 0.5) is 5.13 Å². The highest BCUT2D eigenvalue weighted by atomic mass is 32.1.